The Balaban J connectivity index is 1.77. The molecule has 0 radical (unpaired) electrons. The van der Waals surface area contributed by atoms with E-state index in [0.717, 1.165) is 31.8 Å². The van der Waals surface area contributed by atoms with Crippen molar-refractivity contribution in [3.8, 4) is 11.5 Å². The Bertz CT molecular complexity index is 489. The molecule has 22 heavy (non-hydrogen) atoms. The summed E-state index contributed by atoms with van der Waals surface area (Å²) in [7, 11) is 3.13. The predicted molar refractivity (Wildman–Crippen MR) is 88.2 cm³/mol. The molecule has 1 amide bonds. The number of carbonyl (C=O) groups is 1. The van der Waals surface area contributed by atoms with Crippen LogP contribution in [-0.4, -0.2) is 50.9 Å². The molecule has 0 saturated carbocycles. The molecule has 0 aliphatic carbocycles. The number of hydrogen-bond donors (Lipinski definition) is 1. The minimum absolute atomic E-state index is 0.0893. The molecule has 1 saturated heterocycles. The minimum Gasteiger partial charge on any atom is -0.493 e. The monoisotopic (exact) mass is 325 g/mol. The van der Waals surface area contributed by atoms with Crippen LogP contribution >= 0.6 is 11.8 Å². The number of benzene rings is 1. The van der Waals surface area contributed by atoms with Crippen molar-refractivity contribution < 1.29 is 19.0 Å². The average molecular weight is 325 g/mol. The summed E-state index contributed by atoms with van der Waals surface area (Å²) in [6.45, 7) is 2.38. The molecule has 1 heterocycles. The topological polar surface area (TPSA) is 56.8 Å². The van der Waals surface area contributed by atoms with Crippen LogP contribution in [0, 0.1) is 0 Å². The van der Waals surface area contributed by atoms with Gasteiger partial charge >= 0.3 is 0 Å². The number of ether oxygens (including phenoxy) is 3. The van der Waals surface area contributed by atoms with Gasteiger partial charge in [-0.1, -0.05) is 0 Å². The third kappa shape index (κ3) is 4.81. The van der Waals surface area contributed by atoms with Gasteiger partial charge in [0.25, 0.3) is 5.91 Å². The number of rotatable bonds is 7. The van der Waals surface area contributed by atoms with Crippen LogP contribution in [0.4, 0.5) is 0 Å². The second-order valence-corrected chi connectivity index (χ2v) is 6.42. The number of methoxy groups -OCH3 is 2. The SMILES string of the molecule is COc1ccc(C(=O)NCCSC2CCOCC2)cc1OC. The highest BCUT2D eigenvalue weighted by molar-refractivity contribution is 7.99. The van der Waals surface area contributed by atoms with E-state index in [0.29, 0.717) is 28.9 Å². The molecule has 1 aromatic rings. The molecule has 2 rings (SSSR count). The highest BCUT2D eigenvalue weighted by Crippen LogP contribution is 2.27. The summed E-state index contributed by atoms with van der Waals surface area (Å²) in [5.74, 6) is 2.01. The molecule has 1 aliphatic heterocycles. The molecule has 0 unspecified atom stereocenters. The van der Waals surface area contributed by atoms with Crippen LogP contribution in [0.1, 0.15) is 23.2 Å². The maximum atomic E-state index is 12.1. The van der Waals surface area contributed by atoms with Gasteiger partial charge in [0.1, 0.15) is 0 Å². The summed E-state index contributed by atoms with van der Waals surface area (Å²) < 4.78 is 15.7. The molecule has 5 nitrogen and oxygen atoms in total. The minimum atomic E-state index is -0.0893. The normalized spacial score (nSPS) is 15.4. The van der Waals surface area contributed by atoms with Crippen molar-refractivity contribution in [3.63, 3.8) is 0 Å². The van der Waals surface area contributed by atoms with Crippen LogP contribution in [0.25, 0.3) is 0 Å². The van der Waals surface area contributed by atoms with Gasteiger partial charge in [-0.25, -0.2) is 0 Å². The standard InChI is InChI=1S/C16H23NO4S/c1-19-14-4-3-12(11-15(14)20-2)16(18)17-7-10-22-13-5-8-21-9-6-13/h3-4,11,13H,5-10H2,1-2H3,(H,17,18). The first kappa shape index (κ1) is 17.0. The van der Waals surface area contributed by atoms with E-state index >= 15 is 0 Å². The molecule has 0 aromatic heterocycles. The largest absolute Gasteiger partial charge is 0.493 e. The van der Waals surface area contributed by atoms with Crippen molar-refractivity contribution in [1.82, 2.24) is 5.32 Å². The Labute approximate surface area is 135 Å². The zero-order chi connectivity index (χ0) is 15.8. The van der Waals surface area contributed by atoms with Crippen molar-refractivity contribution in [3.05, 3.63) is 23.8 Å². The lowest BCUT2D eigenvalue weighted by molar-refractivity contribution is 0.0954. The second kappa shape index (κ2) is 8.90. The Kier molecular flexibility index (Phi) is 6.86. The first-order valence-electron chi connectivity index (χ1n) is 7.44. The summed E-state index contributed by atoms with van der Waals surface area (Å²) in [6.07, 6.45) is 2.21. The highest BCUT2D eigenvalue weighted by Gasteiger charge is 2.14. The third-order valence-corrected chi connectivity index (χ3v) is 4.94. The van der Waals surface area contributed by atoms with Crippen LogP contribution in [0.5, 0.6) is 11.5 Å². The third-order valence-electron chi connectivity index (χ3n) is 3.56. The van der Waals surface area contributed by atoms with Crippen LogP contribution < -0.4 is 14.8 Å². The van der Waals surface area contributed by atoms with E-state index in [-0.39, 0.29) is 5.91 Å². The van der Waals surface area contributed by atoms with Crippen molar-refractivity contribution in [2.45, 2.75) is 18.1 Å². The maximum Gasteiger partial charge on any atom is 0.251 e. The maximum absolute atomic E-state index is 12.1. The highest BCUT2D eigenvalue weighted by atomic mass is 32.2. The zero-order valence-corrected chi connectivity index (χ0v) is 13.9. The first-order chi connectivity index (χ1) is 10.7. The number of carbonyl (C=O) groups excluding carboxylic acids is 1. The lowest BCUT2D eigenvalue weighted by Crippen LogP contribution is -2.27. The van der Waals surface area contributed by atoms with Gasteiger partial charge < -0.3 is 19.5 Å². The summed E-state index contributed by atoms with van der Waals surface area (Å²) in [6, 6.07) is 5.17. The molecule has 0 atom stereocenters. The lowest BCUT2D eigenvalue weighted by atomic mass is 10.2. The molecule has 1 fully saturated rings. The number of amides is 1. The van der Waals surface area contributed by atoms with Gasteiger partial charge in [-0.15, -0.1) is 0 Å². The van der Waals surface area contributed by atoms with Crippen molar-refractivity contribution >= 4 is 17.7 Å². The molecule has 6 heteroatoms. The van der Waals surface area contributed by atoms with Crippen molar-refractivity contribution in [1.29, 1.82) is 0 Å². The molecule has 122 valence electrons. The molecule has 0 spiro atoms. The first-order valence-corrected chi connectivity index (χ1v) is 8.49. The van der Waals surface area contributed by atoms with Crippen molar-refractivity contribution in [2.24, 2.45) is 0 Å². The van der Waals surface area contributed by atoms with Crippen molar-refractivity contribution in [2.75, 3.05) is 39.7 Å². The Morgan fingerprint density at radius 3 is 2.68 bits per heavy atom. The molecular weight excluding hydrogens is 302 g/mol. The van der Waals surface area contributed by atoms with Gasteiger partial charge in [-0.05, 0) is 31.0 Å². The van der Waals surface area contributed by atoms with E-state index in [9.17, 15) is 4.79 Å². The van der Waals surface area contributed by atoms with E-state index in [1.54, 1.807) is 32.4 Å². The predicted octanol–water partition coefficient (Wildman–Crippen LogP) is 2.35. The molecule has 0 bridgehead atoms. The van der Waals surface area contributed by atoms with E-state index in [1.807, 2.05) is 11.8 Å². The fourth-order valence-corrected chi connectivity index (χ4v) is 3.39. The van der Waals surface area contributed by atoms with Gasteiger partial charge in [0.15, 0.2) is 11.5 Å². The second-order valence-electron chi connectivity index (χ2n) is 5.01. The number of thioether (sulfide) groups is 1. The molecular formula is C16H23NO4S. The Hall–Kier alpha value is -1.40. The van der Waals surface area contributed by atoms with E-state index in [1.165, 1.54) is 0 Å². The van der Waals surface area contributed by atoms with Gasteiger partial charge in [0, 0.05) is 36.3 Å². The quantitative estimate of drug-likeness (QED) is 0.780. The molecule has 1 N–H and O–H groups in total. The fourth-order valence-electron chi connectivity index (χ4n) is 2.31. The number of nitrogens with one attached hydrogen (secondary N) is 1. The van der Waals surface area contributed by atoms with E-state index in [2.05, 4.69) is 5.32 Å². The van der Waals surface area contributed by atoms with E-state index < -0.39 is 0 Å². The van der Waals surface area contributed by atoms with Crippen LogP contribution in [0.15, 0.2) is 18.2 Å². The Morgan fingerprint density at radius 2 is 2.00 bits per heavy atom. The van der Waals surface area contributed by atoms with Gasteiger partial charge in [-0.3, -0.25) is 4.79 Å². The lowest BCUT2D eigenvalue weighted by Gasteiger charge is -2.21. The fraction of sp³-hybridized carbons (Fsp3) is 0.562. The zero-order valence-electron chi connectivity index (χ0n) is 13.1. The van der Waals surface area contributed by atoms with E-state index in [4.69, 9.17) is 14.2 Å². The van der Waals surface area contributed by atoms with Gasteiger partial charge in [0.2, 0.25) is 0 Å². The molecule has 1 aliphatic rings. The van der Waals surface area contributed by atoms with Gasteiger partial charge in [-0.2, -0.15) is 11.8 Å². The summed E-state index contributed by atoms with van der Waals surface area (Å²) in [5, 5.41) is 3.60. The average Bonchev–Trinajstić information content (AvgIpc) is 2.58. The van der Waals surface area contributed by atoms with Gasteiger partial charge in [0.05, 0.1) is 14.2 Å². The van der Waals surface area contributed by atoms with Crippen LogP contribution in [-0.2, 0) is 4.74 Å². The molecule has 1 aromatic carbocycles. The summed E-state index contributed by atoms with van der Waals surface area (Å²) in [5.41, 5.74) is 0.578. The summed E-state index contributed by atoms with van der Waals surface area (Å²) >= 11 is 1.91. The van der Waals surface area contributed by atoms with Crippen LogP contribution in [0.3, 0.4) is 0 Å². The summed E-state index contributed by atoms with van der Waals surface area (Å²) in [4.78, 5) is 12.1. The number of hydrogen-bond acceptors (Lipinski definition) is 5. The van der Waals surface area contributed by atoms with Crippen LogP contribution in [0.2, 0.25) is 0 Å². The smallest absolute Gasteiger partial charge is 0.251 e. The Morgan fingerprint density at radius 1 is 1.27 bits per heavy atom.